The van der Waals surface area contributed by atoms with Gasteiger partial charge < -0.3 is 15.8 Å². The van der Waals surface area contributed by atoms with Crippen LogP contribution in [0.5, 0.6) is 5.75 Å². The van der Waals surface area contributed by atoms with Gasteiger partial charge in [-0.25, -0.2) is 0 Å². The summed E-state index contributed by atoms with van der Waals surface area (Å²) in [5.41, 5.74) is 7.19. The predicted octanol–water partition coefficient (Wildman–Crippen LogP) is 2.07. The lowest BCUT2D eigenvalue weighted by molar-refractivity contribution is -0.124. The van der Waals surface area contributed by atoms with Crippen LogP contribution in [0, 0.1) is 13.8 Å². The number of carbonyl (C=O) groups excluding carboxylic acids is 1. The molecule has 0 saturated heterocycles. The Labute approximate surface area is 120 Å². The normalized spacial score (nSPS) is 17.6. The van der Waals surface area contributed by atoms with Crippen molar-refractivity contribution < 1.29 is 9.53 Å². The molecule has 0 spiro atoms. The first kappa shape index (κ1) is 14.9. The van der Waals surface area contributed by atoms with E-state index in [0.717, 1.165) is 18.6 Å². The van der Waals surface area contributed by atoms with Crippen LogP contribution in [0.3, 0.4) is 0 Å². The van der Waals surface area contributed by atoms with Crippen molar-refractivity contribution in [2.24, 2.45) is 5.73 Å². The summed E-state index contributed by atoms with van der Waals surface area (Å²) in [4.78, 5) is 11.6. The molecule has 3 N–H and O–H groups in total. The lowest BCUT2D eigenvalue weighted by Crippen LogP contribution is -2.54. The van der Waals surface area contributed by atoms with E-state index >= 15 is 0 Å². The minimum atomic E-state index is -0.681. The molecule has 2 rings (SSSR count). The topological polar surface area (TPSA) is 64.3 Å². The monoisotopic (exact) mass is 276 g/mol. The standard InChI is InChI=1S/C16H24N2O2/c1-11-8-12(2)10-14(9-11)20-7-6-16(3,15(17)19)18-13-4-5-13/h8-10,13,18H,4-7H2,1-3H3,(H2,17,19). The Hall–Kier alpha value is -1.55. The van der Waals surface area contributed by atoms with E-state index in [9.17, 15) is 4.79 Å². The molecule has 0 radical (unpaired) electrons. The van der Waals surface area contributed by atoms with Crippen LogP contribution in [0.1, 0.15) is 37.3 Å². The Balaban J connectivity index is 1.90. The number of hydrogen-bond acceptors (Lipinski definition) is 3. The van der Waals surface area contributed by atoms with Gasteiger partial charge in [0.15, 0.2) is 0 Å². The summed E-state index contributed by atoms with van der Waals surface area (Å²) in [5.74, 6) is 0.536. The van der Waals surface area contributed by atoms with Crippen LogP contribution in [-0.2, 0) is 4.79 Å². The van der Waals surface area contributed by atoms with Gasteiger partial charge in [-0.05, 0) is 56.9 Å². The quantitative estimate of drug-likeness (QED) is 0.801. The summed E-state index contributed by atoms with van der Waals surface area (Å²) in [5, 5.41) is 3.32. The highest BCUT2D eigenvalue weighted by Crippen LogP contribution is 2.24. The number of ether oxygens (including phenoxy) is 1. The van der Waals surface area contributed by atoms with Gasteiger partial charge in [0, 0.05) is 12.5 Å². The minimum Gasteiger partial charge on any atom is -0.493 e. The first-order valence-electron chi connectivity index (χ1n) is 7.18. The van der Waals surface area contributed by atoms with E-state index in [2.05, 4.69) is 11.4 Å². The van der Waals surface area contributed by atoms with Crippen molar-refractivity contribution in [3.05, 3.63) is 29.3 Å². The molecule has 4 heteroatoms. The van der Waals surface area contributed by atoms with E-state index in [0.29, 0.717) is 19.1 Å². The van der Waals surface area contributed by atoms with Crippen LogP contribution in [0.2, 0.25) is 0 Å². The number of amides is 1. The van der Waals surface area contributed by atoms with Crippen molar-refractivity contribution in [1.82, 2.24) is 5.32 Å². The average molecular weight is 276 g/mol. The molecule has 1 aliphatic rings. The zero-order valence-corrected chi connectivity index (χ0v) is 12.5. The van der Waals surface area contributed by atoms with Crippen molar-refractivity contribution in [1.29, 1.82) is 0 Å². The van der Waals surface area contributed by atoms with E-state index in [1.807, 2.05) is 32.9 Å². The van der Waals surface area contributed by atoms with Gasteiger partial charge in [-0.15, -0.1) is 0 Å². The van der Waals surface area contributed by atoms with Crippen LogP contribution in [0.25, 0.3) is 0 Å². The first-order valence-corrected chi connectivity index (χ1v) is 7.18. The van der Waals surface area contributed by atoms with E-state index in [1.165, 1.54) is 11.1 Å². The lowest BCUT2D eigenvalue weighted by Gasteiger charge is -2.27. The maximum Gasteiger partial charge on any atom is 0.237 e. The smallest absolute Gasteiger partial charge is 0.237 e. The maximum atomic E-state index is 11.6. The van der Waals surface area contributed by atoms with Crippen molar-refractivity contribution in [2.45, 2.75) is 51.6 Å². The largest absolute Gasteiger partial charge is 0.493 e. The molecule has 1 aliphatic carbocycles. The third kappa shape index (κ3) is 3.97. The van der Waals surface area contributed by atoms with Crippen LogP contribution in [0.15, 0.2) is 18.2 Å². The molecule has 1 aromatic rings. The van der Waals surface area contributed by atoms with Crippen molar-refractivity contribution >= 4 is 5.91 Å². The highest BCUT2D eigenvalue weighted by Gasteiger charge is 2.36. The summed E-state index contributed by atoms with van der Waals surface area (Å²) in [6.45, 7) is 6.42. The van der Waals surface area contributed by atoms with Crippen LogP contribution in [0.4, 0.5) is 0 Å². The van der Waals surface area contributed by atoms with Gasteiger partial charge in [-0.1, -0.05) is 6.07 Å². The van der Waals surface area contributed by atoms with E-state index in [4.69, 9.17) is 10.5 Å². The molecule has 110 valence electrons. The van der Waals surface area contributed by atoms with Gasteiger partial charge in [-0.2, -0.15) is 0 Å². The molecular formula is C16H24N2O2. The van der Waals surface area contributed by atoms with Crippen LogP contribution < -0.4 is 15.8 Å². The molecule has 0 aliphatic heterocycles. The predicted molar refractivity (Wildman–Crippen MR) is 79.8 cm³/mol. The summed E-state index contributed by atoms with van der Waals surface area (Å²) in [6, 6.07) is 6.55. The minimum absolute atomic E-state index is 0.312. The highest BCUT2D eigenvalue weighted by atomic mass is 16.5. The molecular weight excluding hydrogens is 252 g/mol. The Kier molecular flexibility index (Phi) is 4.33. The van der Waals surface area contributed by atoms with Gasteiger partial charge in [0.05, 0.1) is 12.1 Å². The number of nitrogens with one attached hydrogen (secondary N) is 1. The summed E-state index contributed by atoms with van der Waals surface area (Å²) >= 11 is 0. The number of hydrogen-bond donors (Lipinski definition) is 2. The Morgan fingerprint density at radius 3 is 2.45 bits per heavy atom. The fraction of sp³-hybridized carbons (Fsp3) is 0.562. The fourth-order valence-corrected chi connectivity index (χ4v) is 2.33. The van der Waals surface area contributed by atoms with E-state index in [1.54, 1.807) is 0 Å². The number of nitrogens with two attached hydrogens (primary N) is 1. The number of primary amides is 1. The fourth-order valence-electron chi connectivity index (χ4n) is 2.33. The molecule has 1 aromatic carbocycles. The molecule has 1 saturated carbocycles. The number of aryl methyl sites for hydroxylation is 2. The molecule has 1 atom stereocenters. The molecule has 1 fully saturated rings. The number of benzene rings is 1. The second-order valence-corrected chi connectivity index (χ2v) is 6.04. The summed E-state index contributed by atoms with van der Waals surface area (Å²) in [6.07, 6.45) is 2.83. The first-order chi connectivity index (χ1) is 9.39. The van der Waals surface area contributed by atoms with E-state index in [-0.39, 0.29) is 5.91 Å². The Morgan fingerprint density at radius 1 is 1.35 bits per heavy atom. The third-order valence-electron chi connectivity index (χ3n) is 3.71. The average Bonchev–Trinajstić information content (AvgIpc) is 3.11. The van der Waals surface area contributed by atoms with Crippen LogP contribution >= 0.6 is 0 Å². The van der Waals surface area contributed by atoms with Crippen LogP contribution in [-0.4, -0.2) is 24.1 Å². The van der Waals surface area contributed by atoms with Gasteiger partial charge >= 0.3 is 0 Å². The van der Waals surface area contributed by atoms with Gasteiger partial charge in [0.1, 0.15) is 5.75 Å². The zero-order valence-electron chi connectivity index (χ0n) is 12.5. The molecule has 1 unspecified atom stereocenters. The van der Waals surface area contributed by atoms with Gasteiger partial charge in [0.25, 0.3) is 0 Å². The molecule has 20 heavy (non-hydrogen) atoms. The van der Waals surface area contributed by atoms with E-state index < -0.39 is 5.54 Å². The second kappa shape index (κ2) is 5.83. The SMILES string of the molecule is Cc1cc(C)cc(OCCC(C)(NC2CC2)C(N)=O)c1. The molecule has 0 heterocycles. The maximum absolute atomic E-state index is 11.6. The summed E-state index contributed by atoms with van der Waals surface area (Å²) < 4.78 is 5.77. The van der Waals surface area contributed by atoms with Crippen molar-refractivity contribution in [3.63, 3.8) is 0 Å². The van der Waals surface area contributed by atoms with Gasteiger partial charge in [-0.3, -0.25) is 4.79 Å². The lowest BCUT2D eigenvalue weighted by atomic mass is 9.97. The molecule has 1 amide bonds. The molecule has 0 bridgehead atoms. The Morgan fingerprint density at radius 2 is 1.95 bits per heavy atom. The highest BCUT2D eigenvalue weighted by molar-refractivity contribution is 5.84. The number of rotatable bonds is 7. The number of carbonyl (C=O) groups is 1. The van der Waals surface area contributed by atoms with Crippen molar-refractivity contribution in [2.75, 3.05) is 6.61 Å². The third-order valence-corrected chi connectivity index (χ3v) is 3.71. The summed E-state index contributed by atoms with van der Waals surface area (Å²) in [7, 11) is 0. The van der Waals surface area contributed by atoms with Crippen molar-refractivity contribution in [3.8, 4) is 5.75 Å². The molecule has 4 nitrogen and oxygen atoms in total. The zero-order chi connectivity index (χ0) is 14.8. The molecule has 0 aromatic heterocycles. The second-order valence-electron chi connectivity index (χ2n) is 6.04. The Bertz CT molecular complexity index is 477. The van der Waals surface area contributed by atoms with Gasteiger partial charge in [0.2, 0.25) is 5.91 Å².